The summed E-state index contributed by atoms with van der Waals surface area (Å²) in [6.07, 6.45) is 3.00. The molecule has 2 aromatic rings. The van der Waals surface area contributed by atoms with E-state index in [0.29, 0.717) is 63.7 Å². The summed E-state index contributed by atoms with van der Waals surface area (Å²) in [5.74, 6) is -0.163. The van der Waals surface area contributed by atoms with E-state index in [1.165, 1.54) is 18.2 Å². The Hall–Kier alpha value is -3.99. The van der Waals surface area contributed by atoms with Crippen molar-refractivity contribution < 1.29 is 19.4 Å². The summed E-state index contributed by atoms with van der Waals surface area (Å²) in [7, 11) is 0. The zero-order chi connectivity index (χ0) is 24.1. The Morgan fingerprint density at radius 3 is 2.29 bits per heavy atom. The van der Waals surface area contributed by atoms with E-state index in [4.69, 9.17) is 4.74 Å². The van der Waals surface area contributed by atoms with Gasteiger partial charge in [-0.15, -0.1) is 0 Å². The number of morpholine rings is 1. The Morgan fingerprint density at radius 2 is 1.62 bits per heavy atom. The van der Waals surface area contributed by atoms with E-state index in [2.05, 4.69) is 4.90 Å². The van der Waals surface area contributed by atoms with E-state index in [1.54, 1.807) is 35.2 Å². The topological polar surface area (TPSA) is 122 Å². The Morgan fingerprint density at radius 1 is 0.882 bits per heavy atom. The molecule has 178 valence electrons. The van der Waals surface area contributed by atoms with Gasteiger partial charge >= 0.3 is 0 Å². The molecule has 2 saturated heterocycles. The van der Waals surface area contributed by atoms with Crippen LogP contribution in [0, 0.1) is 20.2 Å². The van der Waals surface area contributed by atoms with E-state index >= 15 is 0 Å². The highest BCUT2D eigenvalue weighted by Crippen LogP contribution is 2.33. The van der Waals surface area contributed by atoms with Gasteiger partial charge in [-0.1, -0.05) is 12.1 Å². The number of anilines is 2. The highest BCUT2D eigenvalue weighted by molar-refractivity contribution is 5.92. The van der Waals surface area contributed by atoms with Gasteiger partial charge in [0, 0.05) is 69.2 Å². The van der Waals surface area contributed by atoms with Crippen molar-refractivity contribution in [2.24, 2.45) is 0 Å². The van der Waals surface area contributed by atoms with Crippen LogP contribution in [0.25, 0.3) is 6.08 Å². The summed E-state index contributed by atoms with van der Waals surface area (Å²) in [6.45, 7) is 4.46. The fraction of sp³-hybridized carbons (Fsp3) is 0.348. The largest absolute Gasteiger partial charge is 0.378 e. The number of piperazine rings is 1. The normalized spacial score (nSPS) is 16.6. The van der Waals surface area contributed by atoms with E-state index < -0.39 is 4.92 Å². The molecule has 1 amide bonds. The fourth-order valence-corrected chi connectivity index (χ4v) is 4.12. The highest BCUT2D eigenvalue weighted by atomic mass is 16.6. The van der Waals surface area contributed by atoms with Gasteiger partial charge in [-0.05, 0) is 23.8 Å². The van der Waals surface area contributed by atoms with Gasteiger partial charge in [0.15, 0.2) is 0 Å². The molecule has 2 aliphatic rings. The number of nitro groups is 2. The number of carbonyl (C=O) groups is 1. The van der Waals surface area contributed by atoms with Crippen LogP contribution in [0.2, 0.25) is 0 Å². The number of carbonyl (C=O) groups excluding carboxylic acids is 1. The van der Waals surface area contributed by atoms with Crippen LogP contribution in [0.4, 0.5) is 22.7 Å². The zero-order valence-corrected chi connectivity index (χ0v) is 18.5. The monoisotopic (exact) mass is 467 g/mol. The molecule has 0 bridgehead atoms. The van der Waals surface area contributed by atoms with Crippen LogP contribution in [0.1, 0.15) is 5.56 Å². The molecule has 0 atom stereocenters. The van der Waals surface area contributed by atoms with E-state index in [1.807, 2.05) is 11.0 Å². The van der Waals surface area contributed by atoms with Crippen LogP contribution >= 0.6 is 0 Å². The second-order valence-electron chi connectivity index (χ2n) is 8.03. The quantitative estimate of drug-likeness (QED) is 0.361. The molecule has 2 aliphatic heterocycles. The molecule has 34 heavy (non-hydrogen) atoms. The molecule has 0 unspecified atom stereocenters. The third kappa shape index (κ3) is 5.31. The average molecular weight is 467 g/mol. The number of hydrogen-bond acceptors (Lipinski definition) is 8. The van der Waals surface area contributed by atoms with Gasteiger partial charge in [0.2, 0.25) is 5.91 Å². The standard InChI is InChI=1S/C23H25N5O6/c29-23(7-4-18-2-1-3-20(16-18)27(30)31)26-10-8-24(9-11-26)19-5-6-21(28(32)33)22(17-19)25-12-14-34-15-13-25/h1-7,16-17H,8-15H2. The molecule has 4 rings (SSSR count). The molecule has 0 spiro atoms. The molecular weight excluding hydrogens is 442 g/mol. The summed E-state index contributed by atoms with van der Waals surface area (Å²) in [5.41, 5.74) is 2.10. The first kappa shape index (κ1) is 23.2. The van der Waals surface area contributed by atoms with Gasteiger partial charge in [-0.2, -0.15) is 0 Å². The fourth-order valence-electron chi connectivity index (χ4n) is 4.12. The second kappa shape index (κ2) is 10.3. The van der Waals surface area contributed by atoms with Crippen LogP contribution in [-0.4, -0.2) is 73.1 Å². The summed E-state index contributed by atoms with van der Waals surface area (Å²) in [4.78, 5) is 40.0. The number of non-ortho nitro benzene ring substituents is 1. The van der Waals surface area contributed by atoms with Crippen molar-refractivity contribution in [3.63, 3.8) is 0 Å². The van der Waals surface area contributed by atoms with Gasteiger partial charge in [-0.3, -0.25) is 25.0 Å². The number of nitrogens with zero attached hydrogens (tertiary/aromatic N) is 5. The minimum absolute atomic E-state index is 0.0252. The number of nitro benzene ring substituents is 2. The SMILES string of the molecule is O=C(C=Cc1cccc([N+](=O)[O-])c1)N1CCN(c2ccc([N+](=O)[O-])c(N3CCOCC3)c2)CC1. The molecule has 2 fully saturated rings. The average Bonchev–Trinajstić information content (AvgIpc) is 2.87. The smallest absolute Gasteiger partial charge is 0.292 e. The maximum Gasteiger partial charge on any atom is 0.292 e. The van der Waals surface area contributed by atoms with E-state index in [9.17, 15) is 25.0 Å². The molecule has 0 aromatic heterocycles. The Bertz CT molecular complexity index is 1110. The van der Waals surface area contributed by atoms with Gasteiger partial charge in [0.05, 0.1) is 23.1 Å². The van der Waals surface area contributed by atoms with Gasteiger partial charge in [0.25, 0.3) is 11.4 Å². The van der Waals surface area contributed by atoms with E-state index in [0.717, 1.165) is 5.69 Å². The third-order valence-corrected chi connectivity index (χ3v) is 5.96. The summed E-state index contributed by atoms with van der Waals surface area (Å²) in [5, 5.41) is 22.4. The molecule has 0 saturated carbocycles. The molecule has 11 nitrogen and oxygen atoms in total. The molecule has 2 aromatic carbocycles. The zero-order valence-electron chi connectivity index (χ0n) is 18.5. The van der Waals surface area contributed by atoms with Crippen LogP contribution in [0.3, 0.4) is 0 Å². The lowest BCUT2D eigenvalue weighted by Gasteiger charge is -2.36. The van der Waals surface area contributed by atoms with Gasteiger partial charge in [-0.25, -0.2) is 0 Å². The lowest BCUT2D eigenvalue weighted by atomic mass is 10.1. The Labute approximate surface area is 196 Å². The lowest BCUT2D eigenvalue weighted by molar-refractivity contribution is -0.384. The van der Waals surface area contributed by atoms with Gasteiger partial charge < -0.3 is 19.4 Å². The number of benzene rings is 2. The maximum atomic E-state index is 12.6. The van der Waals surface area contributed by atoms with Crippen molar-refractivity contribution in [2.45, 2.75) is 0 Å². The number of ether oxygens (including phenoxy) is 1. The number of hydrogen-bond donors (Lipinski definition) is 0. The second-order valence-corrected chi connectivity index (χ2v) is 8.03. The van der Waals surface area contributed by atoms with Crippen LogP contribution in [0.15, 0.2) is 48.5 Å². The van der Waals surface area contributed by atoms with Crippen LogP contribution in [-0.2, 0) is 9.53 Å². The van der Waals surface area contributed by atoms with Crippen LogP contribution in [0.5, 0.6) is 0 Å². The van der Waals surface area contributed by atoms with Crippen molar-refractivity contribution in [1.82, 2.24) is 4.90 Å². The first-order chi connectivity index (χ1) is 16.4. The first-order valence-electron chi connectivity index (χ1n) is 11.0. The predicted molar refractivity (Wildman–Crippen MR) is 127 cm³/mol. The summed E-state index contributed by atoms with van der Waals surface area (Å²) in [6, 6.07) is 11.2. The molecule has 0 N–H and O–H groups in total. The minimum Gasteiger partial charge on any atom is -0.378 e. The van der Waals surface area contributed by atoms with Crippen molar-refractivity contribution in [2.75, 3.05) is 62.3 Å². The van der Waals surface area contributed by atoms with Crippen molar-refractivity contribution in [3.05, 3.63) is 74.3 Å². The van der Waals surface area contributed by atoms with Crippen molar-refractivity contribution in [3.8, 4) is 0 Å². The summed E-state index contributed by atoms with van der Waals surface area (Å²) >= 11 is 0. The summed E-state index contributed by atoms with van der Waals surface area (Å²) < 4.78 is 5.37. The van der Waals surface area contributed by atoms with Gasteiger partial charge in [0.1, 0.15) is 5.69 Å². The first-order valence-corrected chi connectivity index (χ1v) is 11.0. The lowest BCUT2D eigenvalue weighted by Crippen LogP contribution is -2.48. The molecule has 0 radical (unpaired) electrons. The molecule has 2 heterocycles. The van der Waals surface area contributed by atoms with Crippen molar-refractivity contribution in [1.29, 1.82) is 0 Å². The Kier molecular flexibility index (Phi) is 7.02. The van der Waals surface area contributed by atoms with Crippen LogP contribution < -0.4 is 9.80 Å². The Balaban J connectivity index is 1.40. The maximum absolute atomic E-state index is 12.6. The molecular formula is C23H25N5O6. The number of rotatable bonds is 6. The minimum atomic E-state index is -0.471. The van der Waals surface area contributed by atoms with Crippen molar-refractivity contribution >= 4 is 34.7 Å². The van der Waals surface area contributed by atoms with E-state index in [-0.39, 0.29) is 22.2 Å². The third-order valence-electron chi connectivity index (χ3n) is 5.96. The molecule has 11 heteroatoms. The molecule has 0 aliphatic carbocycles. The highest BCUT2D eigenvalue weighted by Gasteiger charge is 2.25. The predicted octanol–water partition coefficient (Wildman–Crippen LogP) is 2.70. The number of amides is 1.